The lowest BCUT2D eigenvalue weighted by Gasteiger charge is -2.17. The summed E-state index contributed by atoms with van der Waals surface area (Å²) in [6.07, 6.45) is -4.57. The normalized spacial score (nSPS) is 12.2. The van der Waals surface area contributed by atoms with Gasteiger partial charge in [-0.3, -0.25) is 9.59 Å². The molecule has 9 heteroatoms. The zero-order valence-corrected chi connectivity index (χ0v) is 18.6. The van der Waals surface area contributed by atoms with Crippen LogP contribution < -0.4 is 16.6 Å². The minimum atomic E-state index is -4.57. The van der Waals surface area contributed by atoms with Crippen molar-refractivity contribution < 1.29 is 18.0 Å². The molecule has 0 aliphatic carbocycles. The monoisotopic (exact) mass is 478 g/mol. The van der Waals surface area contributed by atoms with Gasteiger partial charge < -0.3 is 11.1 Å². The summed E-state index contributed by atoms with van der Waals surface area (Å²) in [6, 6.07) is 21.5. The predicted molar refractivity (Wildman–Crippen MR) is 127 cm³/mol. The van der Waals surface area contributed by atoms with Crippen molar-refractivity contribution >= 4 is 11.6 Å². The van der Waals surface area contributed by atoms with Crippen LogP contribution in [0, 0.1) is 0 Å². The number of carbonyl (C=O) groups is 1. The van der Waals surface area contributed by atoms with Crippen LogP contribution in [0.2, 0.25) is 0 Å². The molecule has 1 heterocycles. The number of hydrogen-bond acceptors (Lipinski definition) is 4. The largest absolute Gasteiger partial charge is 0.416 e. The Morgan fingerprint density at radius 1 is 0.943 bits per heavy atom. The lowest BCUT2D eigenvalue weighted by Crippen LogP contribution is -2.30. The number of carbonyl (C=O) groups excluding carboxylic acids is 1. The molecule has 1 aromatic heterocycles. The Labute approximate surface area is 198 Å². The summed E-state index contributed by atoms with van der Waals surface area (Å²) in [5.41, 5.74) is 6.61. The molecule has 1 amide bonds. The Morgan fingerprint density at radius 3 is 2.37 bits per heavy atom. The Hall–Kier alpha value is -4.40. The third-order valence-electron chi connectivity index (χ3n) is 5.38. The van der Waals surface area contributed by atoms with E-state index >= 15 is 0 Å². The molecule has 0 aliphatic heterocycles. The predicted octanol–water partition coefficient (Wildman–Crippen LogP) is 4.99. The number of nitrogens with one attached hydrogen (secondary N) is 1. The lowest BCUT2D eigenvalue weighted by molar-refractivity contribution is -0.137. The van der Waals surface area contributed by atoms with Crippen LogP contribution in [0.5, 0.6) is 0 Å². The Morgan fingerprint density at radius 2 is 1.66 bits per heavy atom. The highest BCUT2D eigenvalue weighted by Gasteiger charge is 2.31. The Kier molecular flexibility index (Phi) is 6.42. The zero-order chi connectivity index (χ0) is 25.2. The van der Waals surface area contributed by atoms with Gasteiger partial charge >= 0.3 is 6.18 Å². The summed E-state index contributed by atoms with van der Waals surface area (Å²) < 4.78 is 40.5. The molecule has 0 radical (unpaired) electrons. The number of anilines is 1. The van der Waals surface area contributed by atoms with Gasteiger partial charge in [-0.15, -0.1) is 0 Å². The molecule has 3 N–H and O–H groups in total. The number of hydrogen-bond donors (Lipinski definition) is 2. The van der Waals surface area contributed by atoms with E-state index < -0.39 is 29.2 Å². The Balaban J connectivity index is 1.61. The van der Waals surface area contributed by atoms with Crippen molar-refractivity contribution in [2.75, 3.05) is 5.73 Å². The van der Waals surface area contributed by atoms with E-state index in [-0.39, 0.29) is 16.9 Å². The summed E-state index contributed by atoms with van der Waals surface area (Å²) in [5, 5.41) is 6.80. The first-order valence-electron chi connectivity index (χ1n) is 10.7. The van der Waals surface area contributed by atoms with E-state index in [0.717, 1.165) is 27.9 Å². The molecule has 0 aliphatic rings. The molecule has 6 nitrogen and oxygen atoms in total. The van der Waals surface area contributed by atoms with E-state index in [2.05, 4.69) is 10.4 Å². The van der Waals surface area contributed by atoms with Gasteiger partial charge in [0.25, 0.3) is 11.5 Å². The molecule has 0 spiro atoms. The summed E-state index contributed by atoms with van der Waals surface area (Å²) in [5.74, 6) is -0.651. The number of amides is 1. The minimum absolute atomic E-state index is 0.0680. The highest BCUT2D eigenvalue weighted by Crippen LogP contribution is 2.32. The van der Waals surface area contributed by atoms with E-state index in [0.29, 0.717) is 5.69 Å². The third kappa shape index (κ3) is 5.40. The highest BCUT2D eigenvalue weighted by molar-refractivity contribution is 5.92. The van der Waals surface area contributed by atoms with E-state index in [1.165, 1.54) is 25.1 Å². The molecule has 0 unspecified atom stereocenters. The van der Waals surface area contributed by atoms with Crippen molar-refractivity contribution in [1.82, 2.24) is 15.1 Å². The van der Waals surface area contributed by atoms with E-state index in [1.807, 2.05) is 36.4 Å². The molecule has 4 aromatic rings. The van der Waals surface area contributed by atoms with Gasteiger partial charge in [-0.1, -0.05) is 42.5 Å². The van der Waals surface area contributed by atoms with Gasteiger partial charge in [0.2, 0.25) is 0 Å². The van der Waals surface area contributed by atoms with Crippen molar-refractivity contribution in [3.63, 3.8) is 0 Å². The van der Waals surface area contributed by atoms with Crippen LogP contribution >= 0.6 is 0 Å². The molecule has 3 aromatic carbocycles. The first-order chi connectivity index (χ1) is 16.6. The van der Waals surface area contributed by atoms with Crippen LogP contribution in [-0.4, -0.2) is 15.7 Å². The SMILES string of the molecule is C[C@@H](NC(=O)c1ccc(=O)n(-c2cccc(-c3ccccc3)c2)n1)c1cc(N)cc(C(F)(F)F)c1. The fourth-order valence-electron chi connectivity index (χ4n) is 3.61. The fourth-order valence-corrected chi connectivity index (χ4v) is 3.61. The van der Waals surface area contributed by atoms with Crippen LogP contribution in [0.25, 0.3) is 16.8 Å². The maximum Gasteiger partial charge on any atom is 0.416 e. The molecule has 0 saturated carbocycles. The second kappa shape index (κ2) is 9.46. The van der Waals surface area contributed by atoms with Crippen LogP contribution in [0.3, 0.4) is 0 Å². The highest BCUT2D eigenvalue weighted by atomic mass is 19.4. The second-order valence-electron chi connectivity index (χ2n) is 7.97. The molecule has 0 bridgehead atoms. The molecule has 4 rings (SSSR count). The van der Waals surface area contributed by atoms with E-state index in [1.54, 1.807) is 18.2 Å². The van der Waals surface area contributed by atoms with E-state index in [4.69, 9.17) is 5.73 Å². The summed E-state index contributed by atoms with van der Waals surface area (Å²) in [7, 11) is 0. The number of nitrogens with zero attached hydrogens (tertiary/aromatic N) is 2. The van der Waals surface area contributed by atoms with Gasteiger partial charge in [0.1, 0.15) is 5.69 Å². The third-order valence-corrected chi connectivity index (χ3v) is 5.38. The first kappa shape index (κ1) is 23.7. The molecule has 0 saturated heterocycles. The molecule has 1 atom stereocenters. The minimum Gasteiger partial charge on any atom is -0.399 e. The van der Waals surface area contributed by atoms with Crippen LogP contribution in [0.1, 0.15) is 34.6 Å². The van der Waals surface area contributed by atoms with Gasteiger partial charge in [-0.2, -0.15) is 23.0 Å². The first-order valence-corrected chi connectivity index (χ1v) is 10.7. The number of rotatable bonds is 5. The van der Waals surface area contributed by atoms with Crippen molar-refractivity contribution in [2.45, 2.75) is 19.1 Å². The van der Waals surface area contributed by atoms with Gasteiger partial charge in [0.15, 0.2) is 0 Å². The number of nitrogens with two attached hydrogens (primary N) is 1. The van der Waals surface area contributed by atoms with Crippen molar-refractivity contribution in [1.29, 1.82) is 0 Å². The van der Waals surface area contributed by atoms with Crippen LogP contribution in [0.15, 0.2) is 89.7 Å². The maximum absolute atomic E-state index is 13.1. The summed E-state index contributed by atoms with van der Waals surface area (Å²) in [4.78, 5) is 25.3. The molecule has 178 valence electrons. The average Bonchev–Trinajstić information content (AvgIpc) is 2.84. The fraction of sp³-hybridized carbons (Fsp3) is 0.115. The number of nitrogen functional groups attached to an aromatic ring is 1. The Bertz CT molecular complexity index is 1430. The molecular weight excluding hydrogens is 457 g/mol. The van der Waals surface area contributed by atoms with Crippen LogP contribution in [0.4, 0.5) is 18.9 Å². The number of aromatic nitrogens is 2. The smallest absolute Gasteiger partial charge is 0.399 e. The summed E-state index contributed by atoms with van der Waals surface area (Å²) in [6.45, 7) is 1.53. The lowest BCUT2D eigenvalue weighted by atomic mass is 10.0. The number of alkyl halides is 3. The van der Waals surface area contributed by atoms with Gasteiger partial charge in [-0.05, 0) is 60.0 Å². The van der Waals surface area contributed by atoms with E-state index in [9.17, 15) is 22.8 Å². The maximum atomic E-state index is 13.1. The zero-order valence-electron chi connectivity index (χ0n) is 18.6. The van der Waals surface area contributed by atoms with Crippen LogP contribution in [-0.2, 0) is 6.18 Å². The van der Waals surface area contributed by atoms with Gasteiger partial charge in [0.05, 0.1) is 17.3 Å². The van der Waals surface area contributed by atoms with Crippen molar-refractivity contribution in [3.05, 3.63) is 112 Å². The van der Waals surface area contributed by atoms with Crippen molar-refractivity contribution in [3.8, 4) is 16.8 Å². The second-order valence-corrected chi connectivity index (χ2v) is 7.97. The number of benzene rings is 3. The number of halogens is 3. The van der Waals surface area contributed by atoms with Gasteiger partial charge in [-0.25, -0.2) is 0 Å². The average molecular weight is 478 g/mol. The molecule has 0 fully saturated rings. The van der Waals surface area contributed by atoms with Crippen molar-refractivity contribution in [2.24, 2.45) is 0 Å². The molecule has 35 heavy (non-hydrogen) atoms. The molecular formula is C26H21F3N4O2. The standard InChI is InChI=1S/C26H21F3N4O2/c1-16(19-12-20(26(27,28)29)15-21(30)13-19)31-25(35)23-10-11-24(34)33(32-23)22-9-5-8-18(14-22)17-6-3-2-4-7-17/h2-16H,30H2,1H3,(H,31,35)/t16-/m1/s1. The summed E-state index contributed by atoms with van der Waals surface area (Å²) >= 11 is 0. The quantitative estimate of drug-likeness (QED) is 0.396. The topological polar surface area (TPSA) is 90.0 Å². The van der Waals surface area contributed by atoms with Gasteiger partial charge in [0, 0.05) is 11.8 Å².